The van der Waals surface area contributed by atoms with E-state index in [1.54, 1.807) is 10.5 Å². The molecule has 1 N–H and O–H groups in total. The highest BCUT2D eigenvalue weighted by Gasteiger charge is 2.38. The molecule has 610 valence electrons. The van der Waals surface area contributed by atoms with Gasteiger partial charge in [-0.05, 0) is 211 Å². The molecular formula is C85H109BrF3N17O8. The Kier molecular flexibility index (Phi) is 25.4. The van der Waals surface area contributed by atoms with Crippen LogP contribution in [0.25, 0.3) is 33.4 Å². The van der Waals surface area contributed by atoms with Crippen LogP contribution < -0.4 is 15.1 Å². The predicted molar refractivity (Wildman–Crippen MR) is 433 cm³/mol. The summed E-state index contributed by atoms with van der Waals surface area (Å²) in [6.45, 7) is 22.5. The van der Waals surface area contributed by atoms with Gasteiger partial charge in [0, 0.05) is 200 Å². The van der Waals surface area contributed by atoms with E-state index in [2.05, 4.69) is 139 Å². The molecule has 29 heteroatoms. The number of hydrogen-bond donors (Lipinski definition) is 1. The van der Waals surface area contributed by atoms with Crippen molar-refractivity contribution in [1.29, 1.82) is 0 Å². The molecule has 1 aliphatic carbocycles. The lowest BCUT2D eigenvalue weighted by atomic mass is 9.89. The first-order valence-corrected chi connectivity index (χ1v) is 41.4. The molecule has 3 aromatic carbocycles. The number of fused-ring (bicyclic) bond motifs is 6. The van der Waals surface area contributed by atoms with Crippen LogP contribution in [0.15, 0.2) is 96.4 Å². The summed E-state index contributed by atoms with van der Waals surface area (Å²) in [7, 11) is 5.87. The van der Waals surface area contributed by atoms with Crippen molar-refractivity contribution in [2.75, 3.05) is 82.2 Å². The van der Waals surface area contributed by atoms with E-state index in [4.69, 9.17) is 38.7 Å². The topological polar surface area (TPSA) is 229 Å². The molecule has 2 amide bonds. The fourth-order valence-corrected chi connectivity index (χ4v) is 17.4. The highest BCUT2D eigenvalue weighted by atomic mass is 79.9. The third kappa shape index (κ3) is 19.5. The zero-order chi connectivity index (χ0) is 80.0. The van der Waals surface area contributed by atoms with Gasteiger partial charge in [0.25, 0.3) is 0 Å². The average Bonchev–Trinajstić information content (AvgIpc) is 1.61. The number of nitrogens with one attached hydrogen (secondary N) is 1. The van der Waals surface area contributed by atoms with Crippen molar-refractivity contribution in [2.24, 2.45) is 21.1 Å². The molecule has 18 rings (SSSR count). The molecule has 6 aromatic heterocycles. The summed E-state index contributed by atoms with van der Waals surface area (Å²) >= 11 is 3.57. The van der Waals surface area contributed by atoms with E-state index in [1.165, 1.54) is 104 Å². The van der Waals surface area contributed by atoms with E-state index in [0.29, 0.717) is 44.3 Å². The van der Waals surface area contributed by atoms with Gasteiger partial charge in [-0.15, -0.1) is 0 Å². The number of benzene rings is 3. The number of aldehydes is 1. The van der Waals surface area contributed by atoms with Gasteiger partial charge in [-0.25, -0.2) is 9.59 Å². The number of aryl methyl sites for hydroxylation is 7. The second-order valence-corrected chi connectivity index (χ2v) is 33.8. The van der Waals surface area contributed by atoms with E-state index in [1.807, 2.05) is 100 Å². The van der Waals surface area contributed by atoms with E-state index in [0.717, 1.165) is 182 Å². The van der Waals surface area contributed by atoms with E-state index < -0.39 is 23.7 Å². The van der Waals surface area contributed by atoms with E-state index in [9.17, 15) is 22.8 Å². The molecule has 0 atom stereocenters. The maximum Gasteiger partial charge on any atom is 0.446 e. The first-order chi connectivity index (χ1) is 54.8. The number of ether oxygens (including phenoxy) is 5. The first-order valence-electron chi connectivity index (χ1n) is 40.6. The summed E-state index contributed by atoms with van der Waals surface area (Å²) in [4.78, 5) is 42.5. The van der Waals surface area contributed by atoms with Gasteiger partial charge in [-0.1, -0.05) is 30.3 Å². The molecule has 9 aliphatic rings. The molecule has 25 nitrogen and oxygen atoms in total. The van der Waals surface area contributed by atoms with Gasteiger partial charge in [0.2, 0.25) is 6.29 Å². The number of aromatic nitrogens is 12. The Balaban J connectivity index is 0.000000127. The van der Waals surface area contributed by atoms with Crippen molar-refractivity contribution < 1.29 is 51.2 Å². The van der Waals surface area contributed by atoms with Crippen LogP contribution >= 0.6 is 15.9 Å². The minimum atomic E-state index is -4.64. The Morgan fingerprint density at radius 3 is 1.30 bits per heavy atom. The zero-order valence-electron chi connectivity index (χ0n) is 67.3. The van der Waals surface area contributed by atoms with Gasteiger partial charge in [-0.3, -0.25) is 32.9 Å². The molecule has 14 heterocycles. The quantitative estimate of drug-likeness (QED) is 0.139. The van der Waals surface area contributed by atoms with Crippen molar-refractivity contribution in [3.63, 3.8) is 0 Å². The lowest BCUT2D eigenvalue weighted by Gasteiger charge is -2.33. The minimum Gasteiger partial charge on any atom is -0.444 e. The van der Waals surface area contributed by atoms with Crippen LogP contribution in [0.5, 0.6) is 0 Å². The number of carbonyl (C=O) groups excluding carboxylic acids is 3. The lowest BCUT2D eigenvalue weighted by Crippen LogP contribution is -2.40. The maximum atomic E-state index is 13.0. The monoisotopic (exact) mass is 1630 g/mol. The number of halogens is 4. The normalized spacial score (nSPS) is 18.0. The van der Waals surface area contributed by atoms with Crippen molar-refractivity contribution >= 4 is 57.4 Å². The van der Waals surface area contributed by atoms with Gasteiger partial charge < -0.3 is 48.6 Å². The van der Waals surface area contributed by atoms with Crippen molar-refractivity contribution in [1.82, 2.24) is 73.8 Å². The standard InChI is InChI=1S/C29H38N6O3.C24H30N6O.C16H24BrN3O3.C14H16N2.C2HF3O/c1-29(2,3)38-28(36)33-13-9-26-24(19-33)27(31-35(26)23-10-14-37-15-11-23)34-12-5-6-21-16-20(7-8-25(21)34)22-17-30-32(4)18-22;1-28-16-19(14-26-28)17-4-5-22-18(13-17)3-2-10-29(22)24-21-15-25-9-6-23(21)30(27-24)20-7-11-31-12-8-20;1-16(2,3)23-15(21)19-7-4-13-12(10-19)14(17)18-20(13)11-5-8-22-9-6-11;1-16-10-14(9-15-16)13-7-6-11-4-2-3-5-12(11)8-13;3-2(4,5)1-6/h7-8,16-18,23H,5-6,9-15,19H2,1-4H3;4-5,13-14,16,20,25H,2-3,6-12,15H2,1H3;11H,4-10H2,1-3H3;6-10H,2-5H2,1H3;1H. The second-order valence-electron chi connectivity index (χ2n) is 33.1. The minimum absolute atomic E-state index is 0.256. The van der Waals surface area contributed by atoms with Gasteiger partial charge in [0.15, 0.2) is 11.6 Å². The Bertz CT molecular complexity index is 4830. The molecule has 0 unspecified atom stereocenters. The number of anilines is 4. The molecule has 114 heavy (non-hydrogen) atoms. The Hall–Kier alpha value is -9.16. The maximum absolute atomic E-state index is 13.0. The highest BCUT2D eigenvalue weighted by molar-refractivity contribution is 9.10. The third-order valence-electron chi connectivity index (χ3n) is 22.5. The molecule has 3 saturated heterocycles. The first kappa shape index (κ1) is 81.4. The van der Waals surface area contributed by atoms with Crippen LogP contribution in [0, 0.1) is 0 Å². The predicted octanol–water partition coefficient (Wildman–Crippen LogP) is 15.4. The zero-order valence-corrected chi connectivity index (χ0v) is 68.9. The molecule has 0 saturated carbocycles. The Labute approximate surface area is 673 Å². The molecule has 0 bridgehead atoms. The van der Waals surface area contributed by atoms with Crippen LogP contribution in [-0.4, -0.2) is 177 Å². The van der Waals surface area contributed by atoms with Crippen molar-refractivity contribution in [3.8, 4) is 33.4 Å². The smallest absolute Gasteiger partial charge is 0.444 e. The summed E-state index contributed by atoms with van der Waals surface area (Å²) in [5.74, 6) is 2.14. The summed E-state index contributed by atoms with van der Waals surface area (Å²) in [5, 5.41) is 31.7. The van der Waals surface area contributed by atoms with Crippen molar-refractivity contribution in [2.45, 2.75) is 206 Å². The van der Waals surface area contributed by atoms with E-state index >= 15 is 0 Å². The second kappa shape index (κ2) is 35.5. The number of nitrogens with zero attached hydrogens (tertiary/aromatic N) is 16. The Morgan fingerprint density at radius 2 is 0.868 bits per heavy atom. The van der Waals surface area contributed by atoms with Gasteiger partial charge in [0.05, 0.1) is 49.8 Å². The molecular weight excluding hydrogens is 1520 g/mol. The molecule has 0 radical (unpaired) electrons. The Morgan fingerprint density at radius 1 is 0.482 bits per heavy atom. The van der Waals surface area contributed by atoms with E-state index in [-0.39, 0.29) is 12.2 Å². The number of hydrogen-bond acceptors (Lipinski definition) is 17. The fraction of sp³-hybridized carbons (Fsp3) is 0.541. The molecule has 0 spiro atoms. The SMILES string of the molecule is CC(C)(C)OC(=O)N1CCc2c(c(Br)nn2C2CCOCC2)C1.Cn1cc(-c2ccc3c(c2)CCCC3)cn1.Cn1cc(-c2ccc3c(c2)CCCN3c2nn(C3CCOCC3)c3c2CN(C(=O)OC(C)(C)C)CC3)cn1.Cn1cc(-c2ccc3c(c2)CCCN3c2nn(C3CCOCC3)c3c2CNCC3)cn1.O=CC(F)(F)F. The van der Waals surface area contributed by atoms with Crippen LogP contribution in [0.1, 0.15) is 180 Å². The summed E-state index contributed by atoms with van der Waals surface area (Å²) < 4.78 is 72.3. The number of alkyl halides is 3. The number of carbonyl (C=O) groups is 3. The summed E-state index contributed by atoms with van der Waals surface area (Å²) in [6.07, 6.45) is 24.0. The number of amides is 2. The van der Waals surface area contributed by atoms with Crippen LogP contribution in [0.4, 0.5) is 45.8 Å². The van der Waals surface area contributed by atoms with Gasteiger partial charge in [-0.2, -0.15) is 43.8 Å². The van der Waals surface area contributed by atoms with Gasteiger partial charge >= 0.3 is 18.4 Å². The highest BCUT2D eigenvalue weighted by Crippen LogP contribution is 2.44. The third-order valence-corrected chi connectivity index (χ3v) is 23.1. The molecule has 3 fully saturated rings. The summed E-state index contributed by atoms with van der Waals surface area (Å²) in [5.41, 5.74) is 22.1. The fourth-order valence-electron chi connectivity index (χ4n) is 16.9. The number of rotatable bonds is 8. The van der Waals surface area contributed by atoms with Crippen LogP contribution in [0.3, 0.4) is 0 Å². The summed E-state index contributed by atoms with van der Waals surface area (Å²) in [6, 6.07) is 21.6. The van der Waals surface area contributed by atoms with Crippen molar-refractivity contribution in [3.05, 3.63) is 152 Å². The largest absolute Gasteiger partial charge is 0.446 e. The molecule has 8 aliphatic heterocycles. The van der Waals surface area contributed by atoms with Gasteiger partial charge in [0.1, 0.15) is 15.8 Å². The van der Waals surface area contributed by atoms with Crippen LogP contribution in [0.2, 0.25) is 0 Å². The van der Waals surface area contributed by atoms with Crippen LogP contribution in [-0.2, 0) is 114 Å². The lowest BCUT2D eigenvalue weighted by molar-refractivity contribution is -0.156. The molecule has 9 aromatic rings. The average molecular weight is 1630 g/mol.